The van der Waals surface area contributed by atoms with Gasteiger partial charge in [-0.25, -0.2) is 8.42 Å². The van der Waals surface area contributed by atoms with Crippen LogP contribution in [0.4, 0.5) is 5.69 Å². The molecule has 1 aromatic heterocycles. The maximum Gasteiger partial charge on any atom is 0.252 e. The molecular weight excluding hydrogens is 422 g/mol. The Bertz CT molecular complexity index is 940. The first kappa shape index (κ1) is 21.1. The van der Waals surface area contributed by atoms with Crippen molar-refractivity contribution in [3.63, 3.8) is 0 Å². The van der Waals surface area contributed by atoms with Crippen LogP contribution in [0.25, 0.3) is 0 Å². The molecule has 0 radical (unpaired) electrons. The average Bonchev–Trinajstić information content (AvgIpc) is 3.15. The molecule has 1 amide bonds. The Balaban J connectivity index is 1.60. The molecule has 0 spiro atoms. The number of amides is 1. The lowest BCUT2D eigenvalue weighted by atomic mass is 10.2. The van der Waals surface area contributed by atoms with Crippen LogP contribution in [-0.2, 0) is 14.8 Å². The van der Waals surface area contributed by atoms with E-state index >= 15 is 0 Å². The quantitative estimate of drug-likeness (QED) is 0.742. The van der Waals surface area contributed by atoms with Crippen LogP contribution in [0.5, 0.6) is 5.75 Å². The number of nitrogens with one attached hydrogen (secondary N) is 1. The minimum absolute atomic E-state index is 0.161. The molecule has 0 unspecified atom stereocenters. The van der Waals surface area contributed by atoms with E-state index in [1.54, 1.807) is 25.3 Å². The van der Waals surface area contributed by atoms with E-state index < -0.39 is 16.1 Å². The Labute approximate surface area is 173 Å². The van der Waals surface area contributed by atoms with Crippen molar-refractivity contribution in [1.29, 1.82) is 0 Å². The first-order valence-corrected chi connectivity index (χ1v) is 11.4. The van der Waals surface area contributed by atoms with E-state index in [1.807, 2.05) is 24.0 Å². The van der Waals surface area contributed by atoms with Gasteiger partial charge in [-0.05, 0) is 31.2 Å². The fraction of sp³-hybridized carbons (Fsp3) is 0.389. The molecule has 1 N–H and O–H groups in total. The second-order valence-corrected chi connectivity index (χ2v) is 10.2. The van der Waals surface area contributed by atoms with Gasteiger partial charge >= 0.3 is 0 Å². The van der Waals surface area contributed by atoms with Crippen molar-refractivity contribution in [3.8, 4) is 5.75 Å². The summed E-state index contributed by atoms with van der Waals surface area (Å²) in [5.41, 5.74) is 0.609. The Hall–Kier alpha value is -1.65. The number of carbonyl (C=O) groups is 1. The number of piperazine rings is 1. The Morgan fingerprint density at radius 2 is 1.86 bits per heavy atom. The molecule has 7 nitrogen and oxygen atoms in total. The van der Waals surface area contributed by atoms with E-state index in [-0.39, 0.29) is 10.1 Å². The Morgan fingerprint density at radius 1 is 1.18 bits per heavy atom. The van der Waals surface area contributed by atoms with Crippen LogP contribution in [0.2, 0.25) is 4.34 Å². The van der Waals surface area contributed by atoms with E-state index in [4.69, 9.17) is 16.3 Å². The highest BCUT2D eigenvalue weighted by Gasteiger charge is 2.32. The van der Waals surface area contributed by atoms with Gasteiger partial charge in [0.05, 0.1) is 23.2 Å². The minimum atomic E-state index is -3.54. The number of anilines is 1. The topological polar surface area (TPSA) is 79.0 Å². The summed E-state index contributed by atoms with van der Waals surface area (Å²) in [6.07, 6.45) is 0. The largest absolute Gasteiger partial charge is 0.495 e. The monoisotopic (exact) mass is 443 g/mol. The van der Waals surface area contributed by atoms with Gasteiger partial charge in [-0.3, -0.25) is 9.69 Å². The summed E-state index contributed by atoms with van der Waals surface area (Å²) in [7, 11) is -1.99. The number of methoxy groups -OCH3 is 1. The number of rotatable bonds is 6. The van der Waals surface area contributed by atoms with Crippen molar-refractivity contribution in [2.45, 2.75) is 17.2 Å². The van der Waals surface area contributed by atoms with Gasteiger partial charge in [0.1, 0.15) is 9.96 Å². The molecule has 2 heterocycles. The minimum Gasteiger partial charge on any atom is -0.495 e. The number of sulfonamides is 1. The van der Waals surface area contributed by atoms with Gasteiger partial charge in [0.25, 0.3) is 10.0 Å². The van der Waals surface area contributed by atoms with Crippen molar-refractivity contribution in [2.75, 3.05) is 38.6 Å². The fourth-order valence-electron chi connectivity index (χ4n) is 3.05. The highest BCUT2D eigenvalue weighted by molar-refractivity contribution is 7.91. The number of hydrogen-bond acceptors (Lipinski definition) is 6. The molecule has 0 saturated carbocycles. The van der Waals surface area contributed by atoms with Crippen LogP contribution in [0.3, 0.4) is 0 Å². The second kappa shape index (κ2) is 8.79. The molecule has 0 aliphatic carbocycles. The van der Waals surface area contributed by atoms with Crippen molar-refractivity contribution in [2.24, 2.45) is 0 Å². The van der Waals surface area contributed by atoms with E-state index in [1.165, 1.54) is 10.4 Å². The molecule has 10 heteroatoms. The van der Waals surface area contributed by atoms with E-state index in [0.29, 0.717) is 42.0 Å². The third-order valence-electron chi connectivity index (χ3n) is 4.71. The standard InChI is InChI=1S/C18H22ClN3O4S2/c1-13(18(23)20-14-5-3-4-6-15(14)26-2)21-9-11-22(12-10-21)28(24,25)17-8-7-16(19)27-17/h3-8,13H,9-12H2,1-2H3,(H,20,23)/t13-/m1/s1. The molecule has 1 atom stereocenters. The normalized spacial score (nSPS) is 17.2. The van der Waals surface area contributed by atoms with E-state index in [2.05, 4.69) is 5.32 Å². The number of benzene rings is 1. The molecule has 152 valence electrons. The first-order chi connectivity index (χ1) is 13.3. The highest BCUT2D eigenvalue weighted by atomic mass is 35.5. The lowest BCUT2D eigenvalue weighted by Crippen LogP contribution is -2.53. The van der Waals surface area contributed by atoms with Crippen LogP contribution in [0.15, 0.2) is 40.6 Å². The third kappa shape index (κ3) is 4.49. The van der Waals surface area contributed by atoms with Gasteiger partial charge in [-0.15, -0.1) is 11.3 Å². The summed E-state index contributed by atoms with van der Waals surface area (Å²) in [5, 5.41) is 2.88. The van der Waals surface area contributed by atoms with Crippen molar-refractivity contribution in [3.05, 3.63) is 40.7 Å². The van der Waals surface area contributed by atoms with Crippen LogP contribution < -0.4 is 10.1 Å². The Morgan fingerprint density at radius 3 is 2.46 bits per heavy atom. The molecule has 0 bridgehead atoms. The molecule has 1 aromatic carbocycles. The zero-order chi connectivity index (χ0) is 20.3. The predicted molar refractivity (Wildman–Crippen MR) is 111 cm³/mol. The summed E-state index contributed by atoms with van der Waals surface area (Å²) in [6, 6.07) is 9.92. The predicted octanol–water partition coefficient (Wildman–Crippen LogP) is 2.74. The van der Waals surface area contributed by atoms with Gasteiger partial charge in [-0.1, -0.05) is 23.7 Å². The lowest BCUT2D eigenvalue weighted by Gasteiger charge is -2.36. The van der Waals surface area contributed by atoms with E-state index in [0.717, 1.165) is 11.3 Å². The van der Waals surface area contributed by atoms with E-state index in [9.17, 15) is 13.2 Å². The summed E-state index contributed by atoms with van der Waals surface area (Å²) < 4.78 is 32.8. The van der Waals surface area contributed by atoms with Crippen LogP contribution in [0.1, 0.15) is 6.92 Å². The number of para-hydroxylation sites is 2. The molecular formula is C18H22ClN3O4S2. The van der Waals surface area contributed by atoms with Crippen LogP contribution >= 0.6 is 22.9 Å². The molecule has 1 saturated heterocycles. The van der Waals surface area contributed by atoms with Crippen molar-refractivity contribution < 1.29 is 17.9 Å². The zero-order valence-electron chi connectivity index (χ0n) is 15.6. The molecule has 1 aliphatic heterocycles. The number of carbonyl (C=O) groups excluding carboxylic acids is 1. The smallest absolute Gasteiger partial charge is 0.252 e. The van der Waals surface area contributed by atoms with Crippen molar-refractivity contribution >= 4 is 44.6 Å². The molecule has 3 rings (SSSR count). The highest BCUT2D eigenvalue weighted by Crippen LogP contribution is 2.29. The second-order valence-electron chi connectivity index (χ2n) is 6.36. The molecule has 1 fully saturated rings. The molecule has 28 heavy (non-hydrogen) atoms. The molecule has 1 aliphatic rings. The number of hydrogen-bond donors (Lipinski definition) is 1. The van der Waals surface area contributed by atoms with Gasteiger partial charge in [-0.2, -0.15) is 4.31 Å². The fourth-order valence-corrected chi connectivity index (χ4v) is 6.10. The molecule has 2 aromatic rings. The SMILES string of the molecule is COc1ccccc1NC(=O)[C@@H](C)N1CCN(S(=O)(=O)c2ccc(Cl)s2)CC1. The van der Waals surface area contributed by atoms with Gasteiger partial charge in [0.15, 0.2) is 0 Å². The summed E-state index contributed by atoms with van der Waals surface area (Å²) in [6.45, 7) is 3.40. The number of ether oxygens (including phenoxy) is 1. The van der Waals surface area contributed by atoms with Crippen molar-refractivity contribution in [1.82, 2.24) is 9.21 Å². The van der Waals surface area contributed by atoms with Crippen LogP contribution in [-0.4, -0.2) is 62.9 Å². The number of nitrogens with zero attached hydrogens (tertiary/aromatic N) is 2. The van der Waals surface area contributed by atoms with Gasteiger partial charge in [0.2, 0.25) is 5.91 Å². The summed E-state index contributed by atoms with van der Waals surface area (Å²) in [5.74, 6) is 0.430. The third-order valence-corrected chi connectivity index (χ3v) is 8.31. The zero-order valence-corrected chi connectivity index (χ0v) is 18.0. The maximum atomic E-state index is 12.7. The lowest BCUT2D eigenvalue weighted by molar-refractivity contribution is -0.121. The average molecular weight is 444 g/mol. The summed E-state index contributed by atoms with van der Waals surface area (Å²) >= 11 is 6.92. The first-order valence-electron chi connectivity index (χ1n) is 8.76. The van der Waals surface area contributed by atoms with Gasteiger partial charge in [0, 0.05) is 26.2 Å². The Kier molecular flexibility index (Phi) is 6.61. The maximum absolute atomic E-state index is 12.7. The van der Waals surface area contributed by atoms with Gasteiger partial charge < -0.3 is 10.1 Å². The number of thiophene rings is 1. The summed E-state index contributed by atoms with van der Waals surface area (Å²) in [4.78, 5) is 14.6. The van der Waals surface area contributed by atoms with Crippen LogP contribution in [0, 0.1) is 0 Å². The number of halogens is 1.